The first-order valence-electron chi connectivity index (χ1n) is 22.5. The van der Waals surface area contributed by atoms with E-state index in [4.69, 9.17) is 14.2 Å². The topological polar surface area (TPSA) is 140 Å². The van der Waals surface area contributed by atoms with Gasteiger partial charge in [0, 0.05) is 24.0 Å². The van der Waals surface area contributed by atoms with E-state index >= 15 is 0 Å². The van der Waals surface area contributed by atoms with Crippen LogP contribution in [0.2, 0.25) is 0 Å². The minimum Gasteiger partial charge on any atom is -0.489 e. The lowest BCUT2D eigenvalue weighted by Crippen LogP contribution is -2.43. The molecule has 0 aliphatic carbocycles. The van der Waals surface area contributed by atoms with Crippen molar-refractivity contribution in [3.05, 3.63) is 252 Å². The number of amides is 2. The zero-order chi connectivity index (χ0) is 48.2. The number of carboxylic acids is 1. The highest BCUT2D eigenvalue weighted by atomic mass is 16.5. The third-order valence-electron chi connectivity index (χ3n) is 11.1. The van der Waals surface area contributed by atoms with Crippen LogP contribution in [-0.2, 0) is 40.4 Å². The predicted octanol–water partition coefficient (Wildman–Crippen LogP) is 10.8. The highest BCUT2D eigenvalue weighted by molar-refractivity contribution is 5.98. The lowest BCUT2D eigenvalue weighted by atomic mass is 10.0. The molecule has 8 aromatic rings. The van der Waals surface area contributed by atoms with E-state index in [-0.39, 0.29) is 12.3 Å². The van der Waals surface area contributed by atoms with Gasteiger partial charge in [-0.05, 0) is 93.0 Å². The van der Waals surface area contributed by atoms with Crippen molar-refractivity contribution in [3.63, 3.8) is 0 Å². The fourth-order valence-electron chi connectivity index (χ4n) is 7.32. The Morgan fingerprint density at radius 3 is 1.04 bits per heavy atom. The number of methoxy groups -OCH3 is 1. The number of carbonyl (C=O) groups excluding carboxylic acids is 3. The number of ether oxygens (including phenoxy) is 3. The Kier molecular flexibility index (Phi) is 17.2. The Balaban J connectivity index is 0.000000204. The minimum absolute atomic E-state index is 0.221. The fourth-order valence-corrected chi connectivity index (χ4v) is 7.32. The van der Waals surface area contributed by atoms with Crippen LogP contribution in [0.25, 0.3) is 22.3 Å². The molecule has 3 N–H and O–H groups in total. The summed E-state index contributed by atoms with van der Waals surface area (Å²) in [4.78, 5) is 49.3. The first-order valence-corrected chi connectivity index (χ1v) is 22.5. The van der Waals surface area contributed by atoms with Gasteiger partial charge in [0.2, 0.25) is 0 Å². The summed E-state index contributed by atoms with van der Waals surface area (Å²) in [6.45, 7) is 1.02. The summed E-state index contributed by atoms with van der Waals surface area (Å²) in [6.07, 6.45) is 0.578. The van der Waals surface area contributed by atoms with Gasteiger partial charge in [-0.15, -0.1) is 0 Å². The average molecular weight is 917 g/mol. The molecule has 2 amide bonds. The molecule has 2 atom stereocenters. The largest absolute Gasteiger partial charge is 0.489 e. The van der Waals surface area contributed by atoms with Crippen LogP contribution in [0, 0.1) is 0 Å². The number of nitrogens with one attached hydrogen (secondary N) is 2. The molecule has 10 heteroatoms. The maximum Gasteiger partial charge on any atom is 0.328 e. The van der Waals surface area contributed by atoms with E-state index in [9.17, 15) is 24.3 Å². The van der Waals surface area contributed by atoms with Crippen LogP contribution in [0.3, 0.4) is 0 Å². The number of carbonyl (C=O) groups is 4. The van der Waals surface area contributed by atoms with Crippen LogP contribution >= 0.6 is 0 Å². The van der Waals surface area contributed by atoms with Gasteiger partial charge in [0.05, 0.1) is 7.11 Å². The first kappa shape index (κ1) is 48.2. The number of hydrogen-bond donors (Lipinski definition) is 3. The van der Waals surface area contributed by atoms with Gasteiger partial charge in [-0.3, -0.25) is 9.59 Å². The Morgan fingerprint density at radius 1 is 0.406 bits per heavy atom. The van der Waals surface area contributed by atoms with E-state index in [1.165, 1.54) is 7.11 Å². The van der Waals surface area contributed by atoms with Gasteiger partial charge in [-0.25, -0.2) is 9.59 Å². The monoisotopic (exact) mass is 916 g/mol. The SMILES string of the molecule is COC(=O)C(Cc1ccccc1)NC(=O)c1ccc(-c2ccc(OCc3ccccc3)cc2)cc1.O=C(NC(Cc1ccccc1)C(=O)O)c1ccc(-c2ccc(OCc3ccccc3)cc2)cc1. The second-order valence-electron chi connectivity index (χ2n) is 16.0. The smallest absolute Gasteiger partial charge is 0.328 e. The number of hydrogen-bond acceptors (Lipinski definition) is 7. The second kappa shape index (κ2) is 24.7. The van der Waals surface area contributed by atoms with Crippen LogP contribution in [0.1, 0.15) is 43.0 Å². The van der Waals surface area contributed by atoms with Crippen molar-refractivity contribution in [2.45, 2.75) is 38.1 Å². The van der Waals surface area contributed by atoms with E-state index in [1.807, 2.05) is 194 Å². The molecule has 0 aromatic heterocycles. The highest BCUT2D eigenvalue weighted by Gasteiger charge is 2.23. The van der Waals surface area contributed by atoms with E-state index in [0.717, 1.165) is 56.0 Å². The number of carboxylic acid groups (broad SMARTS) is 1. The number of benzene rings is 8. The van der Waals surface area contributed by atoms with Crippen molar-refractivity contribution >= 4 is 23.8 Å². The van der Waals surface area contributed by atoms with Gasteiger partial charge >= 0.3 is 11.9 Å². The predicted molar refractivity (Wildman–Crippen MR) is 268 cm³/mol. The molecule has 8 aromatic carbocycles. The van der Waals surface area contributed by atoms with Gasteiger partial charge in [-0.2, -0.15) is 0 Å². The molecular formula is C59H52N2O8. The average Bonchev–Trinajstić information content (AvgIpc) is 3.40. The quantitative estimate of drug-likeness (QED) is 0.0723. The molecule has 0 bridgehead atoms. The van der Waals surface area contributed by atoms with E-state index in [2.05, 4.69) is 10.6 Å². The third-order valence-corrected chi connectivity index (χ3v) is 11.1. The summed E-state index contributed by atoms with van der Waals surface area (Å²) < 4.78 is 16.6. The van der Waals surface area contributed by atoms with Gasteiger partial charge in [-0.1, -0.05) is 170 Å². The molecule has 0 aliphatic rings. The lowest BCUT2D eigenvalue weighted by molar-refractivity contribution is -0.143. The third kappa shape index (κ3) is 14.6. The summed E-state index contributed by atoms with van der Waals surface area (Å²) in [5.74, 6) is -0.716. The molecule has 2 unspecified atom stereocenters. The zero-order valence-electron chi connectivity index (χ0n) is 38.1. The molecule has 69 heavy (non-hydrogen) atoms. The lowest BCUT2D eigenvalue weighted by Gasteiger charge is -2.17. The molecule has 346 valence electrons. The highest BCUT2D eigenvalue weighted by Crippen LogP contribution is 2.25. The summed E-state index contributed by atoms with van der Waals surface area (Å²) in [6, 6.07) is 67.0. The summed E-state index contributed by atoms with van der Waals surface area (Å²) in [5, 5.41) is 14.9. The van der Waals surface area contributed by atoms with E-state index in [1.54, 1.807) is 24.3 Å². The van der Waals surface area contributed by atoms with E-state index in [0.29, 0.717) is 30.8 Å². The van der Waals surface area contributed by atoms with Crippen LogP contribution in [0.4, 0.5) is 0 Å². The molecule has 0 radical (unpaired) electrons. The zero-order valence-corrected chi connectivity index (χ0v) is 38.1. The molecule has 0 aliphatic heterocycles. The van der Waals surface area contributed by atoms with Crippen molar-refractivity contribution in [1.29, 1.82) is 0 Å². The maximum atomic E-state index is 12.8. The van der Waals surface area contributed by atoms with Crippen LogP contribution in [0.5, 0.6) is 11.5 Å². The van der Waals surface area contributed by atoms with Gasteiger partial charge in [0.15, 0.2) is 0 Å². The molecule has 10 nitrogen and oxygen atoms in total. The van der Waals surface area contributed by atoms with Crippen molar-refractivity contribution in [2.24, 2.45) is 0 Å². The van der Waals surface area contributed by atoms with Gasteiger partial charge < -0.3 is 30.0 Å². The first-order chi connectivity index (χ1) is 33.7. The number of rotatable bonds is 18. The van der Waals surface area contributed by atoms with Crippen LogP contribution in [-0.4, -0.2) is 48.1 Å². The second-order valence-corrected chi connectivity index (χ2v) is 16.0. The molecule has 0 fully saturated rings. The Bertz CT molecular complexity index is 2860. The van der Waals surface area contributed by atoms with Gasteiger partial charge in [0.1, 0.15) is 36.8 Å². The van der Waals surface area contributed by atoms with Gasteiger partial charge in [0.25, 0.3) is 11.8 Å². The van der Waals surface area contributed by atoms with Crippen molar-refractivity contribution in [2.75, 3.05) is 7.11 Å². The summed E-state index contributed by atoms with van der Waals surface area (Å²) in [7, 11) is 1.32. The molecular weight excluding hydrogens is 865 g/mol. The molecule has 0 saturated heterocycles. The maximum absolute atomic E-state index is 12.8. The van der Waals surface area contributed by atoms with E-state index < -0.39 is 29.9 Å². The summed E-state index contributed by atoms with van der Waals surface area (Å²) in [5.41, 5.74) is 8.82. The number of aliphatic carboxylic acids is 1. The number of esters is 1. The molecule has 0 heterocycles. The standard InChI is InChI=1S/C30H27NO4.C29H25NO4/c1-34-30(33)28(20-22-8-4-2-5-9-22)31-29(32)26-14-12-24(13-15-26)25-16-18-27(19-17-25)35-21-23-10-6-3-7-11-23;31-28(30-27(29(32)33)19-21-7-3-1-4-8-21)25-13-11-23(12-14-25)24-15-17-26(18-16-24)34-20-22-9-5-2-6-10-22/h2-19,28H,20-21H2,1H3,(H,31,32);1-18,27H,19-20H2,(H,30,31)(H,32,33). The summed E-state index contributed by atoms with van der Waals surface area (Å²) >= 11 is 0. The Labute approximate surface area is 402 Å². The Morgan fingerprint density at radius 2 is 0.710 bits per heavy atom. The molecule has 0 spiro atoms. The van der Waals surface area contributed by atoms with Crippen molar-refractivity contribution in [1.82, 2.24) is 10.6 Å². The normalized spacial score (nSPS) is 11.4. The van der Waals surface area contributed by atoms with Crippen molar-refractivity contribution < 1.29 is 38.5 Å². The van der Waals surface area contributed by atoms with Crippen LogP contribution < -0.4 is 20.1 Å². The van der Waals surface area contributed by atoms with Crippen LogP contribution in [0.15, 0.2) is 218 Å². The Hall–Kier alpha value is -8.76. The molecule has 8 rings (SSSR count). The molecule has 0 saturated carbocycles. The van der Waals surface area contributed by atoms with Crippen molar-refractivity contribution in [3.8, 4) is 33.8 Å². The fraction of sp³-hybridized carbons (Fsp3) is 0.119. The minimum atomic E-state index is -1.07.